The van der Waals surface area contributed by atoms with Crippen molar-refractivity contribution < 1.29 is 9.32 Å². The Labute approximate surface area is 151 Å². The lowest BCUT2D eigenvalue weighted by molar-refractivity contribution is -0.110. The summed E-state index contributed by atoms with van der Waals surface area (Å²) in [5, 5.41) is 13.1. The van der Waals surface area contributed by atoms with Gasteiger partial charge in [0.05, 0.1) is 11.7 Å². The van der Waals surface area contributed by atoms with Crippen LogP contribution >= 0.6 is 0 Å². The maximum absolute atomic E-state index is 12.6. The van der Waals surface area contributed by atoms with Crippen LogP contribution in [0.25, 0.3) is 0 Å². The van der Waals surface area contributed by atoms with Crippen LogP contribution in [0, 0.1) is 6.92 Å². The van der Waals surface area contributed by atoms with Crippen LogP contribution in [-0.4, -0.2) is 16.8 Å². The van der Waals surface area contributed by atoms with Crippen LogP contribution < -0.4 is 10.3 Å². The van der Waals surface area contributed by atoms with Crippen molar-refractivity contribution in [3.05, 3.63) is 78.1 Å². The van der Waals surface area contributed by atoms with Gasteiger partial charge in [0.25, 0.3) is 5.91 Å². The second kappa shape index (κ2) is 6.84. The molecule has 1 unspecified atom stereocenters. The van der Waals surface area contributed by atoms with Crippen molar-refractivity contribution in [2.75, 3.05) is 10.3 Å². The molecule has 1 aromatic heterocycles. The average Bonchev–Trinajstić information content (AvgIpc) is 3.30. The van der Waals surface area contributed by atoms with Crippen molar-refractivity contribution in [3.63, 3.8) is 0 Å². The second-order valence-corrected chi connectivity index (χ2v) is 6.13. The zero-order chi connectivity index (χ0) is 17.9. The number of amides is 1. The highest BCUT2D eigenvalue weighted by atomic mass is 16.5. The SMILES string of the molecule is Cc1cc(NC(=O)C2=NN(c3ccccc3)C(c3ccccc3)C2)no1. The quantitative estimate of drug-likeness (QED) is 0.777. The molecule has 3 aromatic rings. The Kier molecular flexibility index (Phi) is 4.23. The van der Waals surface area contributed by atoms with Gasteiger partial charge in [-0.25, -0.2) is 0 Å². The van der Waals surface area contributed by atoms with Gasteiger partial charge in [-0.3, -0.25) is 9.80 Å². The van der Waals surface area contributed by atoms with Gasteiger partial charge < -0.3 is 9.84 Å². The first-order valence-electron chi connectivity index (χ1n) is 8.42. The number of benzene rings is 2. The van der Waals surface area contributed by atoms with E-state index in [9.17, 15) is 4.79 Å². The molecule has 6 nitrogen and oxygen atoms in total. The Bertz CT molecular complexity index is 935. The summed E-state index contributed by atoms with van der Waals surface area (Å²) in [7, 11) is 0. The summed E-state index contributed by atoms with van der Waals surface area (Å²) in [6, 6.07) is 21.6. The molecule has 0 spiro atoms. The van der Waals surface area contributed by atoms with Gasteiger partial charge >= 0.3 is 0 Å². The third-order valence-electron chi connectivity index (χ3n) is 4.25. The first-order chi connectivity index (χ1) is 12.7. The van der Waals surface area contributed by atoms with E-state index in [0.29, 0.717) is 23.7 Å². The molecule has 130 valence electrons. The maximum atomic E-state index is 12.6. The van der Waals surface area contributed by atoms with E-state index in [0.717, 1.165) is 11.3 Å². The minimum absolute atomic E-state index is 0.0293. The zero-order valence-corrected chi connectivity index (χ0v) is 14.3. The van der Waals surface area contributed by atoms with Crippen molar-refractivity contribution >= 4 is 23.1 Å². The summed E-state index contributed by atoms with van der Waals surface area (Å²) in [4.78, 5) is 12.6. The molecule has 0 aliphatic carbocycles. The molecular weight excluding hydrogens is 328 g/mol. The Morgan fingerprint density at radius 3 is 2.46 bits per heavy atom. The molecule has 1 aliphatic heterocycles. The number of nitrogens with zero attached hydrogens (tertiary/aromatic N) is 3. The van der Waals surface area contributed by atoms with E-state index in [2.05, 4.69) is 27.7 Å². The molecule has 1 amide bonds. The van der Waals surface area contributed by atoms with Crippen molar-refractivity contribution in [2.45, 2.75) is 19.4 Å². The van der Waals surface area contributed by atoms with Gasteiger partial charge in [0.15, 0.2) is 5.82 Å². The fourth-order valence-electron chi connectivity index (χ4n) is 3.01. The fourth-order valence-corrected chi connectivity index (χ4v) is 3.01. The average molecular weight is 346 g/mol. The number of hydrogen-bond acceptors (Lipinski definition) is 5. The second-order valence-electron chi connectivity index (χ2n) is 6.13. The first-order valence-corrected chi connectivity index (χ1v) is 8.42. The lowest BCUT2D eigenvalue weighted by atomic mass is 10.0. The first kappa shape index (κ1) is 16.1. The van der Waals surface area contributed by atoms with Crippen molar-refractivity contribution in [1.29, 1.82) is 0 Å². The highest BCUT2D eigenvalue weighted by Gasteiger charge is 2.32. The molecule has 1 aliphatic rings. The van der Waals surface area contributed by atoms with Crippen LogP contribution in [-0.2, 0) is 4.79 Å². The van der Waals surface area contributed by atoms with E-state index >= 15 is 0 Å². The van der Waals surface area contributed by atoms with E-state index in [1.165, 1.54) is 0 Å². The molecule has 6 heteroatoms. The molecule has 0 fully saturated rings. The summed E-state index contributed by atoms with van der Waals surface area (Å²) in [5.41, 5.74) is 2.52. The molecule has 0 radical (unpaired) electrons. The highest BCUT2D eigenvalue weighted by Crippen LogP contribution is 2.35. The zero-order valence-electron chi connectivity index (χ0n) is 14.3. The number of rotatable bonds is 4. The summed E-state index contributed by atoms with van der Waals surface area (Å²) in [6.07, 6.45) is 0.515. The fraction of sp³-hybridized carbons (Fsp3) is 0.150. The molecule has 1 N–H and O–H groups in total. The van der Waals surface area contributed by atoms with Crippen LogP contribution in [0.5, 0.6) is 0 Å². The largest absolute Gasteiger partial charge is 0.360 e. The third-order valence-corrected chi connectivity index (χ3v) is 4.25. The minimum Gasteiger partial charge on any atom is -0.360 e. The third kappa shape index (κ3) is 3.21. The monoisotopic (exact) mass is 346 g/mol. The van der Waals surface area contributed by atoms with Crippen LogP contribution in [0.2, 0.25) is 0 Å². The van der Waals surface area contributed by atoms with Crippen LogP contribution in [0.15, 0.2) is 76.4 Å². The van der Waals surface area contributed by atoms with Crippen LogP contribution in [0.4, 0.5) is 11.5 Å². The van der Waals surface area contributed by atoms with Crippen molar-refractivity contribution in [3.8, 4) is 0 Å². The predicted molar refractivity (Wildman–Crippen MR) is 100 cm³/mol. The maximum Gasteiger partial charge on any atom is 0.273 e. The van der Waals surface area contributed by atoms with Crippen LogP contribution in [0.1, 0.15) is 23.8 Å². The van der Waals surface area contributed by atoms with Gasteiger partial charge in [0, 0.05) is 12.5 Å². The number of nitrogens with one attached hydrogen (secondary N) is 1. The summed E-state index contributed by atoms with van der Waals surface area (Å²) in [5.74, 6) is 0.768. The van der Waals surface area contributed by atoms with E-state index in [1.54, 1.807) is 13.0 Å². The summed E-state index contributed by atoms with van der Waals surface area (Å²) in [6.45, 7) is 1.78. The number of aryl methyl sites for hydroxylation is 1. The number of para-hydroxylation sites is 1. The number of hydrogen-bond donors (Lipinski definition) is 1. The Hall–Kier alpha value is -3.41. The topological polar surface area (TPSA) is 70.7 Å². The van der Waals surface area contributed by atoms with Gasteiger partial charge in [0.2, 0.25) is 0 Å². The molecule has 2 aromatic carbocycles. The molecule has 26 heavy (non-hydrogen) atoms. The number of aromatic nitrogens is 1. The molecule has 0 bridgehead atoms. The standard InChI is InChI=1S/C20H18N4O2/c1-14-12-19(23-26-14)21-20(25)17-13-18(15-8-4-2-5-9-15)24(22-17)16-10-6-3-7-11-16/h2-12,18H,13H2,1H3,(H,21,23,25). The van der Waals surface area contributed by atoms with E-state index in [-0.39, 0.29) is 11.9 Å². The van der Waals surface area contributed by atoms with Crippen LogP contribution in [0.3, 0.4) is 0 Å². The van der Waals surface area contributed by atoms with Crippen molar-refractivity contribution in [1.82, 2.24) is 5.16 Å². The van der Waals surface area contributed by atoms with E-state index < -0.39 is 0 Å². The van der Waals surface area contributed by atoms with E-state index in [1.807, 2.05) is 53.5 Å². The van der Waals surface area contributed by atoms with Gasteiger partial charge in [0.1, 0.15) is 11.5 Å². The normalized spacial score (nSPS) is 16.4. The highest BCUT2D eigenvalue weighted by molar-refractivity contribution is 6.43. The summed E-state index contributed by atoms with van der Waals surface area (Å²) < 4.78 is 4.99. The number of anilines is 2. The number of carbonyl (C=O) groups is 1. The van der Waals surface area contributed by atoms with Gasteiger partial charge in [-0.15, -0.1) is 0 Å². The predicted octanol–water partition coefficient (Wildman–Crippen LogP) is 3.93. The Balaban J connectivity index is 1.62. The smallest absolute Gasteiger partial charge is 0.273 e. The van der Waals surface area contributed by atoms with Gasteiger partial charge in [-0.2, -0.15) is 5.10 Å². The molecule has 1 atom stereocenters. The molecule has 0 saturated carbocycles. The minimum atomic E-state index is -0.266. The lowest BCUT2D eigenvalue weighted by Gasteiger charge is -2.23. The Morgan fingerprint density at radius 1 is 1.12 bits per heavy atom. The number of hydrazone groups is 1. The Morgan fingerprint density at radius 2 is 1.81 bits per heavy atom. The van der Waals surface area contributed by atoms with E-state index in [4.69, 9.17) is 4.52 Å². The van der Waals surface area contributed by atoms with Gasteiger partial charge in [-0.1, -0.05) is 53.7 Å². The molecule has 4 rings (SSSR count). The lowest BCUT2D eigenvalue weighted by Crippen LogP contribution is -2.22. The number of carbonyl (C=O) groups excluding carboxylic acids is 1. The molecular formula is C20H18N4O2. The van der Waals surface area contributed by atoms with Crippen molar-refractivity contribution in [2.24, 2.45) is 5.10 Å². The summed E-state index contributed by atoms with van der Waals surface area (Å²) >= 11 is 0. The molecule has 2 heterocycles. The molecule has 0 saturated heterocycles. The van der Waals surface area contributed by atoms with Gasteiger partial charge in [-0.05, 0) is 24.6 Å².